The molecule has 0 spiro atoms. The zero-order valence-electron chi connectivity index (χ0n) is 12.7. The number of aryl methyl sites for hydroxylation is 1. The Hall–Kier alpha value is -1.26. The van der Waals surface area contributed by atoms with Crippen molar-refractivity contribution >= 4 is 35.1 Å². The van der Waals surface area contributed by atoms with Gasteiger partial charge in [0.15, 0.2) is 0 Å². The number of carbonyl (C=O) groups excluding carboxylic acids is 1. The number of hydrogen-bond donors (Lipinski definition) is 1. The van der Waals surface area contributed by atoms with E-state index in [9.17, 15) is 14.7 Å². The molecule has 1 heterocycles. The van der Waals surface area contributed by atoms with Gasteiger partial charge >= 0.3 is 5.97 Å². The molecule has 1 saturated heterocycles. The third-order valence-electron chi connectivity index (χ3n) is 4.87. The maximum absolute atomic E-state index is 12.4. The van der Waals surface area contributed by atoms with E-state index in [-0.39, 0.29) is 11.8 Å². The lowest BCUT2D eigenvalue weighted by Gasteiger charge is -2.16. The molecule has 1 amide bonds. The second-order valence-electron chi connectivity index (χ2n) is 6.49. The Morgan fingerprint density at radius 3 is 2.52 bits per heavy atom. The number of carboxylic acids is 1. The van der Waals surface area contributed by atoms with Gasteiger partial charge in [0.25, 0.3) is 0 Å². The Morgan fingerprint density at radius 2 is 1.91 bits per heavy atom. The van der Waals surface area contributed by atoms with Crippen molar-refractivity contribution in [2.75, 3.05) is 13.1 Å². The number of rotatable bonds is 5. The first-order valence-electron chi connectivity index (χ1n) is 7.90. The summed E-state index contributed by atoms with van der Waals surface area (Å²) in [7, 11) is 0. The van der Waals surface area contributed by atoms with Crippen LogP contribution in [0.25, 0.3) is 0 Å². The van der Waals surface area contributed by atoms with Crippen LogP contribution in [0.2, 0.25) is 10.0 Å². The largest absolute Gasteiger partial charge is 0.481 e. The average molecular weight is 356 g/mol. The SMILES string of the molecule is O=C(O)[C@H]1CN(C(=O)CCc2ccc(Cl)c(Cl)c2)C[C@@H]1C1CC1. The number of halogens is 2. The van der Waals surface area contributed by atoms with Crippen LogP contribution in [0.4, 0.5) is 0 Å². The van der Waals surface area contributed by atoms with E-state index in [1.165, 1.54) is 0 Å². The monoisotopic (exact) mass is 355 g/mol. The molecule has 23 heavy (non-hydrogen) atoms. The lowest BCUT2D eigenvalue weighted by Crippen LogP contribution is -2.30. The number of likely N-dealkylation sites (tertiary alicyclic amines) is 1. The maximum atomic E-state index is 12.4. The summed E-state index contributed by atoms with van der Waals surface area (Å²) in [6.45, 7) is 0.929. The average Bonchev–Trinajstić information content (AvgIpc) is 3.26. The van der Waals surface area contributed by atoms with Crippen molar-refractivity contribution < 1.29 is 14.7 Å². The van der Waals surface area contributed by atoms with Crippen LogP contribution in [0, 0.1) is 17.8 Å². The van der Waals surface area contributed by atoms with Gasteiger partial charge < -0.3 is 10.0 Å². The Labute approximate surface area is 145 Å². The quantitative estimate of drug-likeness (QED) is 0.879. The van der Waals surface area contributed by atoms with Crippen LogP contribution in [0.3, 0.4) is 0 Å². The highest BCUT2D eigenvalue weighted by molar-refractivity contribution is 6.42. The zero-order valence-corrected chi connectivity index (χ0v) is 14.2. The maximum Gasteiger partial charge on any atom is 0.308 e. The van der Waals surface area contributed by atoms with Crippen LogP contribution in [0.5, 0.6) is 0 Å². The molecule has 1 aliphatic heterocycles. The van der Waals surface area contributed by atoms with E-state index in [0.29, 0.717) is 41.9 Å². The Balaban J connectivity index is 1.58. The van der Waals surface area contributed by atoms with Crippen molar-refractivity contribution in [2.45, 2.75) is 25.7 Å². The molecule has 0 aromatic heterocycles. The Bertz CT molecular complexity index is 630. The van der Waals surface area contributed by atoms with Gasteiger partial charge in [-0.25, -0.2) is 0 Å². The first kappa shape index (κ1) is 16.6. The third kappa shape index (κ3) is 3.81. The summed E-state index contributed by atoms with van der Waals surface area (Å²) in [6.07, 6.45) is 3.14. The molecule has 0 radical (unpaired) electrons. The van der Waals surface area contributed by atoms with Gasteiger partial charge in [0, 0.05) is 19.5 Å². The predicted molar refractivity (Wildman–Crippen MR) is 88.7 cm³/mol. The van der Waals surface area contributed by atoms with Crippen molar-refractivity contribution in [3.63, 3.8) is 0 Å². The normalized spacial score (nSPS) is 24.0. The lowest BCUT2D eigenvalue weighted by molar-refractivity contribution is -0.142. The van der Waals surface area contributed by atoms with Crippen LogP contribution in [-0.2, 0) is 16.0 Å². The van der Waals surface area contributed by atoms with Crippen LogP contribution in [0.15, 0.2) is 18.2 Å². The molecule has 0 unspecified atom stereocenters. The van der Waals surface area contributed by atoms with Gasteiger partial charge in [-0.05, 0) is 48.8 Å². The van der Waals surface area contributed by atoms with Gasteiger partial charge in [-0.2, -0.15) is 0 Å². The van der Waals surface area contributed by atoms with Crippen molar-refractivity contribution in [3.05, 3.63) is 33.8 Å². The lowest BCUT2D eigenvalue weighted by atomic mass is 9.92. The number of benzene rings is 1. The summed E-state index contributed by atoms with van der Waals surface area (Å²) < 4.78 is 0. The third-order valence-corrected chi connectivity index (χ3v) is 5.61. The van der Waals surface area contributed by atoms with E-state index in [1.54, 1.807) is 17.0 Å². The van der Waals surface area contributed by atoms with Crippen molar-refractivity contribution in [2.24, 2.45) is 17.8 Å². The van der Waals surface area contributed by atoms with Gasteiger partial charge in [-0.15, -0.1) is 0 Å². The molecule has 1 saturated carbocycles. The van der Waals surface area contributed by atoms with Crippen LogP contribution in [-0.4, -0.2) is 35.0 Å². The highest BCUT2D eigenvalue weighted by atomic mass is 35.5. The number of aliphatic carboxylic acids is 1. The molecule has 2 aliphatic rings. The summed E-state index contributed by atoms with van der Waals surface area (Å²) in [5, 5.41) is 10.3. The summed E-state index contributed by atoms with van der Waals surface area (Å²) in [4.78, 5) is 25.5. The van der Waals surface area contributed by atoms with Gasteiger partial charge in [0.1, 0.15) is 0 Å². The minimum atomic E-state index is -0.776. The zero-order chi connectivity index (χ0) is 16.6. The smallest absolute Gasteiger partial charge is 0.308 e. The van der Waals surface area contributed by atoms with Crippen LogP contribution < -0.4 is 0 Å². The number of carbonyl (C=O) groups is 2. The minimum Gasteiger partial charge on any atom is -0.481 e. The second-order valence-corrected chi connectivity index (χ2v) is 7.31. The Kier molecular flexibility index (Phi) is 4.83. The molecular weight excluding hydrogens is 337 g/mol. The topological polar surface area (TPSA) is 57.6 Å². The van der Waals surface area contributed by atoms with Crippen LogP contribution >= 0.6 is 23.2 Å². The predicted octanol–water partition coefficient (Wildman–Crippen LogP) is 3.50. The number of amides is 1. The minimum absolute atomic E-state index is 0.0190. The molecule has 1 N–H and O–H groups in total. The summed E-state index contributed by atoms with van der Waals surface area (Å²) >= 11 is 11.9. The van der Waals surface area contributed by atoms with E-state index in [1.807, 2.05) is 6.07 Å². The van der Waals surface area contributed by atoms with Gasteiger partial charge in [-0.3, -0.25) is 9.59 Å². The highest BCUT2D eigenvalue weighted by Gasteiger charge is 2.46. The molecule has 1 aromatic rings. The Morgan fingerprint density at radius 1 is 1.17 bits per heavy atom. The van der Waals surface area contributed by atoms with Gasteiger partial charge in [-0.1, -0.05) is 29.3 Å². The second kappa shape index (κ2) is 6.70. The molecular formula is C17H19Cl2NO3. The molecule has 2 atom stereocenters. The standard InChI is InChI=1S/C17H19Cl2NO3/c18-14-5-1-10(7-15(14)19)2-6-16(21)20-8-12(11-3-4-11)13(9-20)17(22)23/h1,5,7,11-13H,2-4,6,8-9H2,(H,22,23)/t12-,13+/m1/s1. The van der Waals surface area contributed by atoms with E-state index < -0.39 is 11.9 Å². The van der Waals surface area contributed by atoms with E-state index in [0.717, 1.165) is 18.4 Å². The van der Waals surface area contributed by atoms with Crippen LogP contribution in [0.1, 0.15) is 24.8 Å². The summed E-state index contributed by atoms with van der Waals surface area (Å²) in [5.74, 6) is -0.547. The fraction of sp³-hybridized carbons (Fsp3) is 0.529. The first-order valence-corrected chi connectivity index (χ1v) is 8.66. The van der Waals surface area contributed by atoms with E-state index >= 15 is 0 Å². The highest BCUT2D eigenvalue weighted by Crippen LogP contribution is 2.44. The molecule has 3 rings (SSSR count). The van der Waals surface area contributed by atoms with E-state index in [4.69, 9.17) is 23.2 Å². The first-order chi connectivity index (χ1) is 11.0. The summed E-state index contributed by atoms with van der Waals surface area (Å²) in [6, 6.07) is 5.36. The fourth-order valence-electron chi connectivity index (χ4n) is 3.40. The molecule has 6 heteroatoms. The van der Waals surface area contributed by atoms with Gasteiger partial charge in [0.2, 0.25) is 5.91 Å². The van der Waals surface area contributed by atoms with Crippen molar-refractivity contribution in [1.82, 2.24) is 4.90 Å². The molecule has 4 nitrogen and oxygen atoms in total. The molecule has 124 valence electrons. The molecule has 2 fully saturated rings. The number of hydrogen-bond acceptors (Lipinski definition) is 2. The fourth-order valence-corrected chi connectivity index (χ4v) is 3.72. The van der Waals surface area contributed by atoms with Gasteiger partial charge in [0.05, 0.1) is 16.0 Å². The van der Waals surface area contributed by atoms with E-state index in [2.05, 4.69) is 0 Å². The summed E-state index contributed by atoms with van der Waals surface area (Å²) in [5.41, 5.74) is 0.959. The number of carboxylic acid groups (broad SMARTS) is 1. The van der Waals surface area contributed by atoms with Crippen molar-refractivity contribution in [3.8, 4) is 0 Å². The molecule has 1 aliphatic carbocycles. The number of nitrogens with zero attached hydrogens (tertiary/aromatic N) is 1. The molecule has 0 bridgehead atoms. The molecule has 1 aromatic carbocycles. The van der Waals surface area contributed by atoms with Crippen molar-refractivity contribution in [1.29, 1.82) is 0 Å².